The summed E-state index contributed by atoms with van der Waals surface area (Å²) in [6.07, 6.45) is 0.351. The second kappa shape index (κ2) is 5.37. The first-order valence-corrected chi connectivity index (χ1v) is 7.94. The van der Waals surface area contributed by atoms with Gasteiger partial charge in [0.05, 0.1) is 16.4 Å². The largest absolute Gasteiger partial charge is 0.348 e. The second-order valence-corrected chi connectivity index (χ2v) is 7.13. The molecule has 7 nitrogen and oxygen atoms in total. The van der Waals surface area contributed by atoms with Crippen molar-refractivity contribution in [3.05, 3.63) is 38.9 Å². The van der Waals surface area contributed by atoms with E-state index < -0.39 is 26.7 Å². The van der Waals surface area contributed by atoms with Crippen molar-refractivity contribution in [1.29, 1.82) is 0 Å². The predicted molar refractivity (Wildman–Crippen MR) is 72.6 cm³/mol. The van der Waals surface area contributed by atoms with Gasteiger partial charge in [-0.1, -0.05) is 11.6 Å². The molecular formula is C11H11ClN2O5S. The Balaban J connectivity index is 2.14. The number of hydrogen-bond donors (Lipinski definition) is 1. The Kier molecular flexibility index (Phi) is 3.96. The topological polar surface area (TPSA) is 106 Å². The highest BCUT2D eigenvalue weighted by Crippen LogP contribution is 2.25. The van der Waals surface area contributed by atoms with E-state index in [1.54, 1.807) is 0 Å². The molecule has 0 saturated carbocycles. The van der Waals surface area contributed by atoms with Gasteiger partial charge in [-0.05, 0) is 18.6 Å². The minimum atomic E-state index is -3.10. The third kappa shape index (κ3) is 3.26. The van der Waals surface area contributed by atoms with E-state index in [1.165, 1.54) is 12.1 Å². The number of amides is 1. The standard InChI is InChI=1S/C11H11ClN2O5S/c12-9-2-1-7(5-10(9)14(16)17)11(15)13-8-3-4-20(18,19)6-8/h1-2,5,8H,3-4,6H2,(H,13,15)/t8-/m1/s1. The zero-order chi connectivity index (χ0) is 14.9. The van der Waals surface area contributed by atoms with E-state index >= 15 is 0 Å². The molecular weight excluding hydrogens is 308 g/mol. The average molecular weight is 319 g/mol. The summed E-state index contributed by atoms with van der Waals surface area (Å²) in [6, 6.07) is 3.23. The lowest BCUT2D eigenvalue weighted by molar-refractivity contribution is -0.384. The summed E-state index contributed by atoms with van der Waals surface area (Å²) < 4.78 is 22.6. The van der Waals surface area contributed by atoms with Gasteiger partial charge in [-0.25, -0.2) is 8.42 Å². The van der Waals surface area contributed by atoms with Crippen molar-refractivity contribution >= 4 is 33.0 Å². The van der Waals surface area contributed by atoms with Gasteiger partial charge in [-0.15, -0.1) is 0 Å². The van der Waals surface area contributed by atoms with Crippen LogP contribution < -0.4 is 5.32 Å². The third-order valence-corrected chi connectivity index (χ3v) is 5.06. The van der Waals surface area contributed by atoms with Crippen molar-refractivity contribution in [2.24, 2.45) is 0 Å². The molecule has 20 heavy (non-hydrogen) atoms. The first kappa shape index (κ1) is 14.7. The number of nitro benzene ring substituents is 1. The van der Waals surface area contributed by atoms with Crippen molar-refractivity contribution in [3.8, 4) is 0 Å². The third-order valence-electron chi connectivity index (χ3n) is 2.97. The summed E-state index contributed by atoms with van der Waals surface area (Å²) in [5, 5.41) is 13.2. The number of rotatable bonds is 3. The smallest absolute Gasteiger partial charge is 0.288 e. The molecule has 0 spiro atoms. The lowest BCUT2D eigenvalue weighted by Crippen LogP contribution is -2.35. The van der Waals surface area contributed by atoms with E-state index in [1.807, 2.05) is 0 Å². The Labute approximate surface area is 120 Å². The zero-order valence-electron chi connectivity index (χ0n) is 10.2. The van der Waals surface area contributed by atoms with Crippen LogP contribution in [0.2, 0.25) is 5.02 Å². The lowest BCUT2D eigenvalue weighted by atomic mass is 10.1. The molecule has 1 aromatic rings. The molecule has 1 aromatic carbocycles. The van der Waals surface area contributed by atoms with E-state index in [2.05, 4.69) is 5.32 Å². The van der Waals surface area contributed by atoms with Crippen LogP contribution in [0.25, 0.3) is 0 Å². The fourth-order valence-electron chi connectivity index (χ4n) is 1.97. The van der Waals surface area contributed by atoms with Gasteiger partial charge in [-0.2, -0.15) is 0 Å². The van der Waals surface area contributed by atoms with E-state index in [9.17, 15) is 23.3 Å². The van der Waals surface area contributed by atoms with Crippen LogP contribution in [0, 0.1) is 10.1 Å². The Morgan fingerprint density at radius 3 is 2.70 bits per heavy atom. The molecule has 1 atom stereocenters. The molecule has 1 fully saturated rings. The minimum Gasteiger partial charge on any atom is -0.348 e. The van der Waals surface area contributed by atoms with Crippen molar-refractivity contribution in [2.75, 3.05) is 11.5 Å². The fraction of sp³-hybridized carbons (Fsp3) is 0.364. The predicted octanol–water partition coefficient (Wildman–Crippen LogP) is 1.17. The molecule has 9 heteroatoms. The fourth-order valence-corrected chi connectivity index (χ4v) is 3.83. The Bertz CT molecular complexity index is 673. The highest BCUT2D eigenvalue weighted by molar-refractivity contribution is 7.91. The highest BCUT2D eigenvalue weighted by atomic mass is 35.5. The van der Waals surface area contributed by atoms with Crippen molar-refractivity contribution in [1.82, 2.24) is 5.32 Å². The van der Waals surface area contributed by atoms with E-state index in [0.29, 0.717) is 6.42 Å². The molecule has 2 rings (SSSR count). The molecule has 0 aromatic heterocycles. The quantitative estimate of drug-likeness (QED) is 0.665. The molecule has 1 saturated heterocycles. The van der Waals surface area contributed by atoms with Crippen molar-refractivity contribution in [2.45, 2.75) is 12.5 Å². The zero-order valence-corrected chi connectivity index (χ0v) is 11.8. The normalized spacial score (nSPS) is 20.6. The maximum atomic E-state index is 11.9. The minimum absolute atomic E-state index is 0.0404. The number of nitrogens with zero attached hydrogens (tertiary/aromatic N) is 1. The van der Waals surface area contributed by atoms with Crippen LogP contribution in [0.1, 0.15) is 16.8 Å². The van der Waals surface area contributed by atoms with Gasteiger partial charge in [0.1, 0.15) is 5.02 Å². The number of nitrogens with one attached hydrogen (secondary N) is 1. The van der Waals surface area contributed by atoms with Crippen LogP contribution >= 0.6 is 11.6 Å². The lowest BCUT2D eigenvalue weighted by Gasteiger charge is -2.10. The summed E-state index contributed by atoms with van der Waals surface area (Å²) in [5.74, 6) is -0.612. The number of benzene rings is 1. The summed E-state index contributed by atoms with van der Waals surface area (Å²) in [5.41, 5.74) is -0.288. The van der Waals surface area contributed by atoms with Crippen molar-refractivity contribution < 1.29 is 18.1 Å². The number of carbonyl (C=O) groups is 1. The summed E-state index contributed by atoms with van der Waals surface area (Å²) in [7, 11) is -3.10. The Morgan fingerprint density at radius 1 is 1.45 bits per heavy atom. The van der Waals surface area contributed by atoms with Gasteiger partial charge in [0.15, 0.2) is 9.84 Å². The number of hydrogen-bond acceptors (Lipinski definition) is 5. The number of halogens is 1. The monoisotopic (exact) mass is 318 g/mol. The summed E-state index contributed by atoms with van der Waals surface area (Å²) in [4.78, 5) is 22.0. The molecule has 1 aliphatic heterocycles. The number of sulfone groups is 1. The first-order valence-electron chi connectivity index (χ1n) is 5.74. The summed E-state index contributed by atoms with van der Waals surface area (Å²) >= 11 is 5.65. The maximum absolute atomic E-state index is 11.9. The van der Waals surface area contributed by atoms with Crippen LogP contribution in [0.15, 0.2) is 18.2 Å². The highest BCUT2D eigenvalue weighted by Gasteiger charge is 2.29. The maximum Gasteiger partial charge on any atom is 0.288 e. The van der Waals surface area contributed by atoms with Gasteiger partial charge in [0.2, 0.25) is 0 Å². The number of carbonyl (C=O) groups excluding carboxylic acids is 1. The molecule has 1 heterocycles. The van der Waals surface area contributed by atoms with Crippen LogP contribution in [0.3, 0.4) is 0 Å². The van der Waals surface area contributed by atoms with Gasteiger partial charge in [-0.3, -0.25) is 14.9 Å². The second-order valence-electron chi connectivity index (χ2n) is 4.50. The van der Waals surface area contributed by atoms with Crippen LogP contribution in [0.5, 0.6) is 0 Å². The Morgan fingerprint density at radius 2 is 2.15 bits per heavy atom. The average Bonchev–Trinajstić information content (AvgIpc) is 2.68. The molecule has 0 aliphatic carbocycles. The molecule has 1 aliphatic rings. The van der Waals surface area contributed by atoms with Gasteiger partial charge in [0.25, 0.3) is 11.6 Å². The van der Waals surface area contributed by atoms with Gasteiger partial charge in [0, 0.05) is 17.7 Å². The van der Waals surface area contributed by atoms with Crippen LogP contribution in [0.4, 0.5) is 5.69 Å². The molecule has 0 unspecified atom stereocenters. The van der Waals surface area contributed by atoms with Crippen LogP contribution in [-0.4, -0.2) is 36.8 Å². The van der Waals surface area contributed by atoms with Gasteiger partial charge >= 0.3 is 0 Å². The van der Waals surface area contributed by atoms with Crippen molar-refractivity contribution in [3.63, 3.8) is 0 Å². The first-order chi connectivity index (χ1) is 9.28. The van der Waals surface area contributed by atoms with Gasteiger partial charge < -0.3 is 5.32 Å². The molecule has 108 valence electrons. The Hall–Kier alpha value is -1.67. The molecule has 1 N–H and O–H groups in total. The summed E-state index contributed by atoms with van der Waals surface area (Å²) in [6.45, 7) is 0. The van der Waals surface area contributed by atoms with E-state index in [-0.39, 0.29) is 27.8 Å². The number of nitro groups is 1. The molecule has 0 radical (unpaired) electrons. The molecule has 1 amide bonds. The van der Waals surface area contributed by atoms with Crippen LogP contribution in [-0.2, 0) is 9.84 Å². The van der Waals surface area contributed by atoms with E-state index in [0.717, 1.165) is 6.07 Å². The van der Waals surface area contributed by atoms with E-state index in [4.69, 9.17) is 11.6 Å². The molecule has 0 bridgehead atoms. The SMILES string of the molecule is O=C(N[C@@H]1CCS(=O)(=O)C1)c1ccc(Cl)c([N+](=O)[O-])c1.